The molecule has 0 aromatic rings. The topological polar surface area (TPSA) is 55.8 Å². The lowest BCUT2D eigenvalue weighted by Gasteiger charge is -2.34. The summed E-state index contributed by atoms with van der Waals surface area (Å²) in [6, 6.07) is 0. The van der Waals surface area contributed by atoms with Crippen molar-refractivity contribution in [1.29, 1.82) is 0 Å². The molecule has 12 heavy (non-hydrogen) atoms. The highest BCUT2D eigenvalue weighted by Crippen LogP contribution is 2.49. The summed E-state index contributed by atoms with van der Waals surface area (Å²) in [5.74, 6) is -2.45. The van der Waals surface area contributed by atoms with Crippen LogP contribution in [0.2, 0.25) is 0 Å². The van der Waals surface area contributed by atoms with Crippen LogP contribution in [0.25, 0.3) is 0 Å². The van der Waals surface area contributed by atoms with Crippen molar-refractivity contribution in [3.8, 4) is 0 Å². The van der Waals surface area contributed by atoms with Crippen LogP contribution in [0, 0.1) is 5.41 Å². The van der Waals surface area contributed by atoms with Crippen LogP contribution >= 0.6 is 0 Å². The van der Waals surface area contributed by atoms with E-state index in [0.29, 0.717) is 13.2 Å². The van der Waals surface area contributed by atoms with Gasteiger partial charge in [-0.1, -0.05) is 0 Å². The summed E-state index contributed by atoms with van der Waals surface area (Å²) in [5.41, 5.74) is 0.162. The van der Waals surface area contributed by atoms with Gasteiger partial charge in [0, 0.05) is 12.3 Å². The monoisotopic (exact) mass is 172 g/mol. The van der Waals surface area contributed by atoms with Gasteiger partial charge in [-0.25, -0.2) is 4.79 Å². The van der Waals surface area contributed by atoms with E-state index < -0.39 is 11.8 Å². The molecule has 0 aromatic heterocycles. The summed E-state index contributed by atoms with van der Waals surface area (Å²) < 4.78 is 10.4. The van der Waals surface area contributed by atoms with Gasteiger partial charge in [0.05, 0.1) is 13.2 Å². The van der Waals surface area contributed by atoms with Crippen molar-refractivity contribution >= 4 is 5.97 Å². The third-order valence-electron chi connectivity index (χ3n) is 2.65. The molecule has 0 unspecified atom stereocenters. The maximum Gasteiger partial charge on any atom is 0.364 e. The maximum atomic E-state index is 10.7. The summed E-state index contributed by atoms with van der Waals surface area (Å²) in [5, 5.41) is 8.74. The van der Waals surface area contributed by atoms with E-state index >= 15 is 0 Å². The molecule has 2 fully saturated rings. The van der Waals surface area contributed by atoms with Crippen molar-refractivity contribution in [2.75, 3.05) is 13.2 Å². The molecule has 4 nitrogen and oxygen atoms in total. The fourth-order valence-electron chi connectivity index (χ4n) is 1.25. The molecule has 2 aliphatic rings. The largest absolute Gasteiger partial charge is 0.477 e. The molecule has 1 aliphatic heterocycles. The molecule has 0 radical (unpaired) electrons. The van der Waals surface area contributed by atoms with Gasteiger partial charge in [0.1, 0.15) is 0 Å². The fraction of sp³-hybridized carbons (Fsp3) is 0.875. The van der Waals surface area contributed by atoms with E-state index in [1.54, 1.807) is 0 Å². The Bertz CT molecular complexity index is 209. The molecular weight excluding hydrogens is 160 g/mol. The smallest absolute Gasteiger partial charge is 0.364 e. The van der Waals surface area contributed by atoms with Crippen molar-refractivity contribution in [1.82, 2.24) is 0 Å². The Morgan fingerprint density at radius 1 is 1.33 bits per heavy atom. The predicted octanol–water partition coefficient (Wildman–Crippen LogP) is 0.614. The Balaban J connectivity index is 2.01. The van der Waals surface area contributed by atoms with Crippen LogP contribution in [0.4, 0.5) is 0 Å². The Kier molecular flexibility index (Phi) is 1.47. The molecule has 1 N–H and O–H groups in total. The lowest BCUT2D eigenvalue weighted by Crippen LogP contribution is -2.48. The molecule has 0 atom stereocenters. The number of carboxylic acid groups (broad SMARTS) is 1. The highest BCUT2D eigenvalue weighted by Gasteiger charge is 2.52. The number of carboxylic acids is 1. The highest BCUT2D eigenvalue weighted by atomic mass is 16.7. The summed E-state index contributed by atoms with van der Waals surface area (Å²) in [7, 11) is 0. The lowest BCUT2D eigenvalue weighted by molar-refractivity contribution is -0.275. The molecule has 1 aliphatic carbocycles. The second-order valence-electron chi connectivity index (χ2n) is 3.83. The number of aliphatic carboxylic acids is 1. The Morgan fingerprint density at radius 3 is 2.17 bits per heavy atom. The van der Waals surface area contributed by atoms with Gasteiger partial charge in [-0.2, -0.15) is 0 Å². The number of hydrogen-bond acceptors (Lipinski definition) is 3. The minimum atomic E-state index is -1.41. The van der Waals surface area contributed by atoms with Gasteiger partial charge < -0.3 is 14.6 Å². The van der Waals surface area contributed by atoms with Crippen LogP contribution in [0.3, 0.4) is 0 Å². The summed E-state index contributed by atoms with van der Waals surface area (Å²) >= 11 is 0. The maximum absolute atomic E-state index is 10.7. The quantitative estimate of drug-likeness (QED) is 0.629. The first-order chi connectivity index (χ1) is 5.56. The van der Waals surface area contributed by atoms with Crippen LogP contribution in [-0.2, 0) is 14.3 Å². The molecule has 68 valence electrons. The second-order valence-corrected chi connectivity index (χ2v) is 3.83. The molecule has 1 saturated carbocycles. The van der Waals surface area contributed by atoms with Crippen molar-refractivity contribution < 1.29 is 19.4 Å². The Labute approximate surface area is 70.5 Å². The van der Waals surface area contributed by atoms with E-state index in [9.17, 15) is 4.79 Å². The minimum Gasteiger partial charge on any atom is -0.477 e. The van der Waals surface area contributed by atoms with Crippen LogP contribution in [0.1, 0.15) is 19.8 Å². The van der Waals surface area contributed by atoms with Gasteiger partial charge in [-0.15, -0.1) is 0 Å². The third-order valence-corrected chi connectivity index (χ3v) is 2.65. The third kappa shape index (κ3) is 1.11. The molecule has 0 amide bonds. The predicted molar refractivity (Wildman–Crippen MR) is 39.6 cm³/mol. The first kappa shape index (κ1) is 8.01. The highest BCUT2D eigenvalue weighted by molar-refractivity contribution is 5.75. The van der Waals surface area contributed by atoms with Gasteiger partial charge in [-0.05, 0) is 12.8 Å². The van der Waals surface area contributed by atoms with E-state index in [4.69, 9.17) is 14.6 Å². The molecule has 4 heteroatoms. The van der Waals surface area contributed by atoms with Gasteiger partial charge in [0.15, 0.2) is 0 Å². The second kappa shape index (κ2) is 2.20. The molecule has 0 bridgehead atoms. The van der Waals surface area contributed by atoms with Crippen molar-refractivity contribution in [3.05, 3.63) is 0 Å². The molecule has 1 heterocycles. The molecule has 1 saturated heterocycles. The van der Waals surface area contributed by atoms with E-state index in [1.165, 1.54) is 6.92 Å². The average Bonchev–Trinajstić information content (AvgIpc) is 2.77. The van der Waals surface area contributed by atoms with E-state index in [0.717, 1.165) is 12.8 Å². The van der Waals surface area contributed by atoms with E-state index in [2.05, 4.69) is 0 Å². The lowest BCUT2D eigenvalue weighted by atomic mass is 10.1. The van der Waals surface area contributed by atoms with E-state index in [1.807, 2.05) is 0 Å². The first-order valence-electron chi connectivity index (χ1n) is 4.08. The summed E-state index contributed by atoms with van der Waals surface area (Å²) in [6.45, 7) is 2.50. The molecule has 1 spiro atoms. The Hall–Kier alpha value is -0.610. The number of hydrogen-bond donors (Lipinski definition) is 1. The van der Waals surface area contributed by atoms with Crippen molar-refractivity contribution in [3.63, 3.8) is 0 Å². The fourth-order valence-corrected chi connectivity index (χ4v) is 1.25. The molecular formula is C8H12O4. The minimum absolute atomic E-state index is 0.162. The zero-order valence-electron chi connectivity index (χ0n) is 7.00. The van der Waals surface area contributed by atoms with Gasteiger partial charge in [-0.3, -0.25) is 0 Å². The van der Waals surface area contributed by atoms with Crippen molar-refractivity contribution in [2.45, 2.75) is 25.6 Å². The van der Waals surface area contributed by atoms with Gasteiger partial charge in [0.2, 0.25) is 0 Å². The Morgan fingerprint density at radius 2 is 1.83 bits per heavy atom. The zero-order chi connectivity index (χ0) is 8.82. The van der Waals surface area contributed by atoms with Gasteiger partial charge in [0.25, 0.3) is 5.79 Å². The van der Waals surface area contributed by atoms with Crippen LogP contribution in [0.15, 0.2) is 0 Å². The normalized spacial score (nSPS) is 30.1. The SMILES string of the molecule is CC1(C(=O)O)OCC2(CC2)CO1. The number of carbonyl (C=O) groups is 1. The summed E-state index contributed by atoms with van der Waals surface area (Å²) in [4.78, 5) is 10.7. The van der Waals surface area contributed by atoms with Gasteiger partial charge >= 0.3 is 5.97 Å². The summed E-state index contributed by atoms with van der Waals surface area (Å²) in [6.07, 6.45) is 2.20. The average molecular weight is 172 g/mol. The number of ether oxygens (including phenoxy) is 2. The van der Waals surface area contributed by atoms with Crippen LogP contribution in [-0.4, -0.2) is 30.1 Å². The molecule has 0 aromatic carbocycles. The van der Waals surface area contributed by atoms with Crippen LogP contribution < -0.4 is 0 Å². The zero-order valence-corrected chi connectivity index (χ0v) is 7.00. The standard InChI is InChI=1S/C8H12O4/c1-7(6(9)10)11-4-8(2-3-8)5-12-7/h2-5H2,1H3,(H,9,10). The van der Waals surface area contributed by atoms with Crippen molar-refractivity contribution in [2.24, 2.45) is 5.41 Å². The van der Waals surface area contributed by atoms with Crippen LogP contribution in [0.5, 0.6) is 0 Å². The number of rotatable bonds is 1. The first-order valence-corrected chi connectivity index (χ1v) is 4.08. The van der Waals surface area contributed by atoms with E-state index in [-0.39, 0.29) is 5.41 Å². The molecule has 2 rings (SSSR count).